The molecule has 3 rings (SSSR count). The number of hydrogen-bond acceptors (Lipinski definition) is 2. The third-order valence-corrected chi connectivity index (χ3v) is 5.45. The summed E-state index contributed by atoms with van der Waals surface area (Å²) < 4.78 is 25.2. The van der Waals surface area contributed by atoms with Crippen molar-refractivity contribution in [3.63, 3.8) is 0 Å². The number of halogens is 1. The molecule has 2 nitrogen and oxygen atoms in total. The monoisotopic (exact) mass is 378 g/mol. The molecule has 0 bridgehead atoms. The van der Waals surface area contributed by atoms with E-state index in [2.05, 4.69) is 12.1 Å². The summed E-state index contributed by atoms with van der Waals surface area (Å²) in [5.41, 5.74) is 1.10. The van der Waals surface area contributed by atoms with E-state index in [0.717, 1.165) is 39.7 Å². The molecule has 2 radical (unpaired) electrons. The molecule has 27 heavy (non-hydrogen) atoms. The molecule has 0 fully saturated rings. The number of hydrogen-bond donors (Lipinski definition) is 0. The van der Waals surface area contributed by atoms with Crippen LogP contribution in [0.25, 0.3) is 0 Å². The van der Waals surface area contributed by atoms with Gasteiger partial charge in [0.15, 0.2) is 11.6 Å². The summed E-state index contributed by atoms with van der Waals surface area (Å²) in [5, 5.41) is 1.34. The highest BCUT2D eigenvalue weighted by Gasteiger charge is 2.07. The van der Waals surface area contributed by atoms with Crippen LogP contribution in [0.4, 0.5) is 4.39 Å². The van der Waals surface area contributed by atoms with Gasteiger partial charge in [-0.2, -0.15) is 0 Å². The summed E-state index contributed by atoms with van der Waals surface area (Å²) in [6, 6.07) is 23.9. The number of ether oxygens (including phenoxy) is 2. The minimum atomic E-state index is -0.334. The molecule has 0 spiro atoms. The third kappa shape index (κ3) is 5.96. The topological polar surface area (TPSA) is 18.5 Å². The Labute approximate surface area is 162 Å². The van der Waals surface area contributed by atoms with Crippen molar-refractivity contribution in [2.75, 3.05) is 6.61 Å². The number of para-hydroxylation sites is 1. The summed E-state index contributed by atoms with van der Waals surface area (Å²) in [6.45, 7) is 2.68. The number of rotatable bonds is 9. The van der Waals surface area contributed by atoms with E-state index in [1.165, 1.54) is 11.3 Å². The highest BCUT2D eigenvalue weighted by atomic mass is 28.2. The predicted octanol–water partition coefficient (Wildman–Crippen LogP) is 5.40. The molecule has 0 unspecified atom stereocenters. The van der Waals surface area contributed by atoms with Crippen LogP contribution < -0.4 is 14.7 Å². The van der Waals surface area contributed by atoms with Crippen LogP contribution in [0, 0.1) is 5.82 Å². The Hall–Kier alpha value is -2.59. The van der Waals surface area contributed by atoms with E-state index in [0.29, 0.717) is 12.4 Å². The quantitative estimate of drug-likeness (QED) is 0.367. The molecule has 0 aliphatic heterocycles. The van der Waals surface area contributed by atoms with Crippen LogP contribution in [-0.2, 0) is 6.42 Å². The Morgan fingerprint density at radius 3 is 2.41 bits per heavy atom. The first-order valence-electron chi connectivity index (χ1n) is 9.22. The maximum atomic E-state index is 14.0. The van der Waals surface area contributed by atoms with Crippen molar-refractivity contribution in [1.82, 2.24) is 0 Å². The zero-order chi connectivity index (χ0) is 18.9. The smallest absolute Gasteiger partial charge is 0.165 e. The number of benzene rings is 3. The van der Waals surface area contributed by atoms with E-state index in [1.807, 2.05) is 61.5 Å². The highest BCUT2D eigenvalue weighted by molar-refractivity contribution is 6.53. The van der Waals surface area contributed by atoms with Gasteiger partial charge in [0.1, 0.15) is 11.5 Å². The van der Waals surface area contributed by atoms with Gasteiger partial charge in [-0.15, -0.1) is 0 Å². The van der Waals surface area contributed by atoms with E-state index < -0.39 is 0 Å². The molecule has 0 saturated heterocycles. The van der Waals surface area contributed by atoms with Gasteiger partial charge < -0.3 is 9.47 Å². The lowest BCUT2D eigenvalue weighted by molar-refractivity contribution is 0.340. The van der Waals surface area contributed by atoms with E-state index in [1.54, 1.807) is 0 Å². The van der Waals surface area contributed by atoms with Crippen LogP contribution in [0.3, 0.4) is 0 Å². The SMILES string of the molecule is CCOc1ccc([Si]CCCc2ccc(F)c(Oc3ccccc3)c2)cc1. The fraction of sp³-hybridized carbons (Fsp3) is 0.217. The second-order valence-electron chi connectivity index (χ2n) is 6.17. The summed E-state index contributed by atoms with van der Waals surface area (Å²) in [5.74, 6) is 1.51. The molecule has 0 aliphatic carbocycles. The van der Waals surface area contributed by atoms with Crippen LogP contribution in [-0.4, -0.2) is 16.1 Å². The van der Waals surface area contributed by atoms with Crippen molar-refractivity contribution in [3.05, 3.63) is 84.2 Å². The van der Waals surface area contributed by atoms with E-state index in [4.69, 9.17) is 9.47 Å². The van der Waals surface area contributed by atoms with E-state index >= 15 is 0 Å². The van der Waals surface area contributed by atoms with Crippen molar-refractivity contribution in [3.8, 4) is 17.2 Å². The molecule has 0 amide bonds. The highest BCUT2D eigenvalue weighted by Crippen LogP contribution is 2.26. The van der Waals surface area contributed by atoms with Gasteiger partial charge in [-0.25, -0.2) is 4.39 Å². The van der Waals surface area contributed by atoms with Gasteiger partial charge >= 0.3 is 0 Å². The molecular formula is C23H23FO2Si. The molecular weight excluding hydrogens is 355 g/mol. The van der Waals surface area contributed by atoms with Crippen molar-refractivity contribution in [2.45, 2.75) is 25.8 Å². The molecule has 3 aromatic carbocycles. The molecule has 3 aromatic rings. The van der Waals surface area contributed by atoms with Crippen molar-refractivity contribution < 1.29 is 13.9 Å². The largest absolute Gasteiger partial charge is 0.494 e. The van der Waals surface area contributed by atoms with Crippen LogP contribution >= 0.6 is 0 Å². The maximum absolute atomic E-state index is 14.0. The minimum absolute atomic E-state index is 0.285. The van der Waals surface area contributed by atoms with E-state index in [9.17, 15) is 4.39 Å². The first-order valence-corrected chi connectivity index (χ1v) is 10.4. The summed E-state index contributed by atoms with van der Waals surface area (Å²) in [4.78, 5) is 0. The van der Waals surface area contributed by atoms with Crippen LogP contribution in [0.2, 0.25) is 6.04 Å². The standard InChI is InChI=1S/C23H23FO2Si/c1-2-25-19-11-13-21(14-12-19)27-16-6-7-18-10-15-22(24)23(17-18)26-20-8-4-3-5-9-20/h3-5,8-15,17H,2,6-7,16H2,1H3. The van der Waals surface area contributed by atoms with Crippen molar-refractivity contribution in [1.29, 1.82) is 0 Å². The Morgan fingerprint density at radius 2 is 1.67 bits per heavy atom. The average Bonchev–Trinajstić information content (AvgIpc) is 2.70. The molecule has 0 heterocycles. The maximum Gasteiger partial charge on any atom is 0.165 e. The molecule has 0 aliphatic rings. The lowest BCUT2D eigenvalue weighted by Crippen LogP contribution is -2.13. The zero-order valence-electron chi connectivity index (χ0n) is 15.5. The molecule has 0 atom stereocenters. The third-order valence-electron chi connectivity index (χ3n) is 4.10. The average molecular weight is 379 g/mol. The molecule has 0 N–H and O–H groups in total. The Bertz CT molecular complexity index is 835. The van der Waals surface area contributed by atoms with Gasteiger partial charge in [0.25, 0.3) is 0 Å². The summed E-state index contributed by atoms with van der Waals surface area (Å²) in [7, 11) is 0.766. The molecule has 138 valence electrons. The fourth-order valence-corrected chi connectivity index (χ4v) is 3.80. The molecule has 0 saturated carbocycles. The molecule has 0 aromatic heterocycles. The first-order chi connectivity index (χ1) is 13.2. The first kappa shape index (κ1) is 19.2. The zero-order valence-corrected chi connectivity index (χ0v) is 16.5. The normalized spacial score (nSPS) is 10.6. The van der Waals surface area contributed by atoms with E-state index in [-0.39, 0.29) is 11.6 Å². The van der Waals surface area contributed by atoms with Gasteiger partial charge in [-0.1, -0.05) is 54.0 Å². The Morgan fingerprint density at radius 1 is 0.889 bits per heavy atom. The van der Waals surface area contributed by atoms with Crippen molar-refractivity contribution >= 4 is 14.7 Å². The van der Waals surface area contributed by atoms with Gasteiger partial charge in [0.05, 0.1) is 16.1 Å². The minimum Gasteiger partial charge on any atom is -0.494 e. The van der Waals surface area contributed by atoms with Crippen molar-refractivity contribution in [2.24, 2.45) is 0 Å². The summed E-state index contributed by atoms with van der Waals surface area (Å²) >= 11 is 0. The second kappa shape index (κ2) is 9.93. The van der Waals surface area contributed by atoms with Gasteiger partial charge in [0.2, 0.25) is 0 Å². The van der Waals surface area contributed by atoms with Gasteiger partial charge in [-0.3, -0.25) is 0 Å². The van der Waals surface area contributed by atoms with Crippen LogP contribution in [0.5, 0.6) is 17.2 Å². The van der Waals surface area contributed by atoms with Crippen LogP contribution in [0.15, 0.2) is 72.8 Å². The van der Waals surface area contributed by atoms with Gasteiger partial charge in [0, 0.05) is 0 Å². The Balaban J connectivity index is 1.50. The van der Waals surface area contributed by atoms with Gasteiger partial charge in [-0.05, 0) is 55.3 Å². The summed E-state index contributed by atoms with van der Waals surface area (Å²) in [6.07, 6.45) is 1.97. The number of aryl methyl sites for hydroxylation is 1. The second-order valence-corrected chi connectivity index (χ2v) is 7.60. The molecule has 4 heteroatoms. The predicted molar refractivity (Wildman–Crippen MR) is 109 cm³/mol. The Kier molecular flexibility index (Phi) is 7.05. The lowest BCUT2D eigenvalue weighted by atomic mass is 10.1. The van der Waals surface area contributed by atoms with Crippen LogP contribution in [0.1, 0.15) is 18.9 Å². The lowest BCUT2D eigenvalue weighted by Gasteiger charge is -2.09. The fourth-order valence-electron chi connectivity index (χ4n) is 2.76.